The first-order valence-corrected chi connectivity index (χ1v) is 6.41. The molecule has 1 aliphatic rings. The summed E-state index contributed by atoms with van der Waals surface area (Å²) in [4.78, 5) is 0. The molecular formula is C14H17F3O2. The molecule has 0 bridgehead atoms. The lowest BCUT2D eigenvalue weighted by molar-refractivity contribution is -0.186. The predicted octanol–water partition coefficient (Wildman–Crippen LogP) is 4.31. The van der Waals surface area contributed by atoms with Crippen molar-refractivity contribution < 1.29 is 22.6 Å². The van der Waals surface area contributed by atoms with Gasteiger partial charge in [-0.15, -0.1) is 0 Å². The first-order chi connectivity index (χ1) is 8.97. The van der Waals surface area contributed by atoms with Crippen LogP contribution in [-0.4, -0.2) is 12.9 Å². The van der Waals surface area contributed by atoms with Gasteiger partial charge in [0.1, 0.15) is 0 Å². The zero-order valence-corrected chi connectivity index (χ0v) is 10.7. The topological polar surface area (TPSA) is 18.5 Å². The molecule has 0 aliphatic carbocycles. The van der Waals surface area contributed by atoms with Gasteiger partial charge in [0.05, 0.1) is 11.7 Å². The van der Waals surface area contributed by atoms with Gasteiger partial charge in [-0.25, -0.2) is 0 Å². The summed E-state index contributed by atoms with van der Waals surface area (Å²) in [6, 6.07) is 5.24. The van der Waals surface area contributed by atoms with Crippen molar-refractivity contribution >= 4 is 0 Å². The van der Waals surface area contributed by atoms with Crippen LogP contribution in [0.3, 0.4) is 0 Å². The monoisotopic (exact) mass is 274 g/mol. The number of ether oxygens (including phenoxy) is 2. The van der Waals surface area contributed by atoms with Crippen molar-refractivity contribution in [3.63, 3.8) is 0 Å². The summed E-state index contributed by atoms with van der Waals surface area (Å²) in [7, 11) is 0. The molecule has 0 spiro atoms. The molecule has 2 atom stereocenters. The van der Waals surface area contributed by atoms with E-state index in [1.165, 1.54) is 6.07 Å². The highest BCUT2D eigenvalue weighted by molar-refractivity contribution is 5.27. The Kier molecular flexibility index (Phi) is 4.47. The molecule has 0 saturated carbocycles. The Morgan fingerprint density at radius 3 is 2.74 bits per heavy atom. The molecular weight excluding hydrogens is 257 g/mol. The van der Waals surface area contributed by atoms with Crippen LogP contribution in [0.25, 0.3) is 0 Å². The van der Waals surface area contributed by atoms with Crippen molar-refractivity contribution in [1.29, 1.82) is 0 Å². The zero-order chi connectivity index (χ0) is 13.9. The quantitative estimate of drug-likeness (QED) is 0.817. The second kappa shape index (κ2) is 5.92. The van der Waals surface area contributed by atoms with E-state index in [1.54, 1.807) is 13.0 Å². The molecule has 0 aromatic heterocycles. The van der Waals surface area contributed by atoms with Crippen LogP contribution in [0, 0.1) is 0 Å². The van der Waals surface area contributed by atoms with Gasteiger partial charge >= 0.3 is 6.18 Å². The largest absolute Gasteiger partial charge is 0.416 e. The van der Waals surface area contributed by atoms with E-state index >= 15 is 0 Å². The molecule has 2 rings (SSSR count). The Balaban J connectivity index is 2.04. The Morgan fingerprint density at radius 2 is 2.11 bits per heavy atom. The van der Waals surface area contributed by atoms with Gasteiger partial charge in [0.2, 0.25) is 0 Å². The van der Waals surface area contributed by atoms with E-state index in [4.69, 9.17) is 9.47 Å². The van der Waals surface area contributed by atoms with E-state index in [1.807, 2.05) is 0 Å². The summed E-state index contributed by atoms with van der Waals surface area (Å²) in [6.07, 6.45) is -2.21. The summed E-state index contributed by atoms with van der Waals surface area (Å²) in [5.41, 5.74) is -0.131. The molecule has 1 aliphatic heterocycles. The highest BCUT2D eigenvalue weighted by Gasteiger charge is 2.31. The molecule has 1 aromatic carbocycles. The van der Waals surface area contributed by atoms with Crippen molar-refractivity contribution in [2.24, 2.45) is 0 Å². The molecule has 1 heterocycles. The number of hydrogen-bond acceptors (Lipinski definition) is 2. The maximum atomic E-state index is 12.6. The highest BCUT2D eigenvalue weighted by Crippen LogP contribution is 2.32. The molecule has 0 N–H and O–H groups in total. The molecule has 106 valence electrons. The minimum Gasteiger partial charge on any atom is -0.353 e. The third kappa shape index (κ3) is 3.94. The summed E-state index contributed by atoms with van der Waals surface area (Å²) in [5.74, 6) is 0. The van der Waals surface area contributed by atoms with Crippen LogP contribution in [0.1, 0.15) is 43.4 Å². The molecule has 0 amide bonds. The smallest absolute Gasteiger partial charge is 0.353 e. The normalized spacial score (nSPS) is 22.2. The third-order valence-corrected chi connectivity index (χ3v) is 3.18. The molecule has 19 heavy (non-hydrogen) atoms. The van der Waals surface area contributed by atoms with Gasteiger partial charge in [0.15, 0.2) is 6.29 Å². The minimum absolute atomic E-state index is 0.307. The van der Waals surface area contributed by atoms with Crippen molar-refractivity contribution in [3.05, 3.63) is 35.4 Å². The maximum absolute atomic E-state index is 12.6. The van der Waals surface area contributed by atoms with E-state index in [9.17, 15) is 13.2 Å². The van der Waals surface area contributed by atoms with Crippen LogP contribution in [-0.2, 0) is 15.7 Å². The van der Waals surface area contributed by atoms with Gasteiger partial charge < -0.3 is 9.47 Å². The van der Waals surface area contributed by atoms with Crippen molar-refractivity contribution in [2.45, 2.75) is 44.8 Å². The summed E-state index contributed by atoms with van der Waals surface area (Å²) in [5, 5.41) is 0. The van der Waals surface area contributed by atoms with Crippen LogP contribution in [0.2, 0.25) is 0 Å². The Labute approximate surface area is 110 Å². The van der Waals surface area contributed by atoms with Crippen LogP contribution >= 0.6 is 0 Å². The minimum atomic E-state index is -4.32. The van der Waals surface area contributed by atoms with Crippen LogP contribution in [0.15, 0.2) is 24.3 Å². The number of rotatable bonds is 3. The average Bonchev–Trinajstić information content (AvgIpc) is 2.39. The van der Waals surface area contributed by atoms with E-state index < -0.39 is 17.8 Å². The number of alkyl halides is 3. The highest BCUT2D eigenvalue weighted by atomic mass is 19.4. The van der Waals surface area contributed by atoms with Crippen molar-refractivity contribution in [2.75, 3.05) is 6.61 Å². The van der Waals surface area contributed by atoms with E-state index in [0.717, 1.165) is 31.4 Å². The standard InChI is InChI=1S/C14H17F3O2/c1-10(19-13-7-2-3-8-18-13)11-5-4-6-12(9-11)14(15,16)17/h4-6,9-10,13H,2-3,7-8H2,1H3. The molecule has 0 radical (unpaired) electrons. The molecule has 1 fully saturated rings. The number of halogens is 3. The molecule has 2 unspecified atom stereocenters. The van der Waals surface area contributed by atoms with E-state index in [-0.39, 0.29) is 6.29 Å². The summed E-state index contributed by atoms with van der Waals surface area (Å²) >= 11 is 0. The lowest BCUT2D eigenvalue weighted by Crippen LogP contribution is -2.23. The van der Waals surface area contributed by atoms with Crippen LogP contribution < -0.4 is 0 Å². The van der Waals surface area contributed by atoms with Gasteiger partial charge in [-0.05, 0) is 43.9 Å². The predicted molar refractivity (Wildman–Crippen MR) is 64.5 cm³/mol. The fourth-order valence-electron chi connectivity index (χ4n) is 2.09. The molecule has 2 nitrogen and oxygen atoms in total. The van der Waals surface area contributed by atoms with E-state index in [2.05, 4.69) is 0 Å². The lowest BCUT2D eigenvalue weighted by Gasteiger charge is -2.26. The number of hydrogen-bond donors (Lipinski definition) is 0. The zero-order valence-electron chi connectivity index (χ0n) is 10.7. The van der Waals surface area contributed by atoms with Gasteiger partial charge in [-0.1, -0.05) is 12.1 Å². The van der Waals surface area contributed by atoms with E-state index in [0.29, 0.717) is 12.2 Å². The van der Waals surface area contributed by atoms with Crippen LogP contribution in [0.5, 0.6) is 0 Å². The third-order valence-electron chi connectivity index (χ3n) is 3.18. The number of benzene rings is 1. The lowest BCUT2D eigenvalue weighted by atomic mass is 10.1. The molecule has 5 heteroatoms. The fraction of sp³-hybridized carbons (Fsp3) is 0.571. The molecule has 1 aromatic rings. The second-order valence-electron chi connectivity index (χ2n) is 4.70. The van der Waals surface area contributed by atoms with Crippen molar-refractivity contribution in [1.82, 2.24) is 0 Å². The fourth-order valence-corrected chi connectivity index (χ4v) is 2.09. The van der Waals surface area contributed by atoms with Gasteiger partial charge in [0, 0.05) is 6.61 Å². The first-order valence-electron chi connectivity index (χ1n) is 6.41. The first kappa shape index (κ1) is 14.3. The van der Waals surface area contributed by atoms with Gasteiger partial charge in [-0.2, -0.15) is 13.2 Å². The molecule has 1 saturated heterocycles. The van der Waals surface area contributed by atoms with Gasteiger partial charge in [0.25, 0.3) is 0 Å². The second-order valence-corrected chi connectivity index (χ2v) is 4.70. The Hall–Kier alpha value is -1.07. The summed E-state index contributed by atoms with van der Waals surface area (Å²) < 4.78 is 49.0. The van der Waals surface area contributed by atoms with Crippen molar-refractivity contribution in [3.8, 4) is 0 Å². The maximum Gasteiger partial charge on any atom is 0.416 e. The summed E-state index contributed by atoms with van der Waals surface area (Å²) in [6.45, 7) is 2.40. The SMILES string of the molecule is CC(OC1CCCCO1)c1cccc(C(F)(F)F)c1. The Morgan fingerprint density at radius 1 is 1.32 bits per heavy atom. The van der Waals surface area contributed by atoms with Crippen LogP contribution in [0.4, 0.5) is 13.2 Å². The van der Waals surface area contributed by atoms with Gasteiger partial charge in [-0.3, -0.25) is 0 Å². The Bertz CT molecular complexity index is 411. The average molecular weight is 274 g/mol.